The Hall–Kier alpha value is -3.34. The van der Waals surface area contributed by atoms with E-state index in [2.05, 4.69) is 4.98 Å². The normalized spacial score (nSPS) is 12.1. The van der Waals surface area contributed by atoms with Gasteiger partial charge < -0.3 is 4.57 Å². The minimum atomic E-state index is -4.49. The van der Waals surface area contributed by atoms with Crippen LogP contribution in [0.1, 0.15) is 22.3 Å². The minimum Gasteiger partial charge on any atom is -0.319 e. The molecule has 0 aliphatic carbocycles. The molecule has 0 saturated heterocycles. The molecule has 0 radical (unpaired) electrons. The smallest absolute Gasteiger partial charge is 0.319 e. The van der Waals surface area contributed by atoms with Crippen LogP contribution in [0.2, 0.25) is 0 Å². The molecule has 3 aromatic carbocycles. The monoisotopic (exact) mass is 378 g/mol. The zero-order valence-corrected chi connectivity index (χ0v) is 14.8. The third kappa shape index (κ3) is 2.89. The molecule has 4 rings (SSSR count). The van der Waals surface area contributed by atoms with Gasteiger partial charge in [-0.1, -0.05) is 78.9 Å². The lowest BCUT2D eigenvalue weighted by atomic mass is 9.75. The van der Waals surface area contributed by atoms with Gasteiger partial charge in [-0.05, 0) is 22.8 Å². The summed E-state index contributed by atoms with van der Waals surface area (Å²) in [6, 6.07) is 24.2. The van der Waals surface area contributed by atoms with Crippen LogP contribution in [0.25, 0.3) is 0 Å². The summed E-state index contributed by atoms with van der Waals surface area (Å²) in [4.78, 5) is 4.14. The Balaban J connectivity index is 2.18. The molecule has 0 aliphatic rings. The molecule has 0 bridgehead atoms. The van der Waals surface area contributed by atoms with E-state index >= 15 is 0 Å². The molecule has 0 fully saturated rings. The molecular weight excluding hydrogens is 361 g/mol. The van der Waals surface area contributed by atoms with E-state index in [4.69, 9.17) is 0 Å². The van der Waals surface area contributed by atoms with Crippen LogP contribution in [0.15, 0.2) is 104 Å². The molecule has 28 heavy (non-hydrogen) atoms. The maximum absolute atomic E-state index is 14.0. The van der Waals surface area contributed by atoms with E-state index < -0.39 is 17.3 Å². The van der Waals surface area contributed by atoms with Crippen LogP contribution in [-0.2, 0) is 11.7 Å². The van der Waals surface area contributed by atoms with Gasteiger partial charge in [-0.15, -0.1) is 0 Å². The number of hydrogen-bond donors (Lipinski definition) is 0. The summed E-state index contributed by atoms with van der Waals surface area (Å²) < 4.78 is 43.8. The largest absolute Gasteiger partial charge is 0.416 e. The quantitative estimate of drug-likeness (QED) is 0.414. The van der Waals surface area contributed by atoms with E-state index in [1.807, 2.05) is 60.7 Å². The first-order valence-electron chi connectivity index (χ1n) is 8.81. The third-order valence-corrected chi connectivity index (χ3v) is 4.90. The van der Waals surface area contributed by atoms with Gasteiger partial charge in [0, 0.05) is 12.4 Å². The van der Waals surface area contributed by atoms with Crippen LogP contribution in [-0.4, -0.2) is 9.55 Å². The Kier molecular flexibility index (Phi) is 4.51. The Morgan fingerprint density at radius 2 is 1.14 bits per heavy atom. The summed E-state index contributed by atoms with van der Waals surface area (Å²) in [6.45, 7) is 0. The standard InChI is InChI=1S/C23H17F3N2/c24-23(25,26)21-14-8-7-13-20(21)22(28-16-15-27-17-28,18-9-3-1-4-10-18)19-11-5-2-6-12-19/h1-17H. The molecule has 0 N–H and O–H groups in total. The maximum atomic E-state index is 14.0. The number of aromatic nitrogens is 2. The molecule has 0 unspecified atom stereocenters. The van der Waals surface area contributed by atoms with Crippen LogP contribution in [0, 0.1) is 0 Å². The van der Waals surface area contributed by atoms with Gasteiger partial charge in [-0.2, -0.15) is 13.2 Å². The van der Waals surface area contributed by atoms with Gasteiger partial charge in [-0.25, -0.2) is 4.98 Å². The summed E-state index contributed by atoms with van der Waals surface area (Å²) in [5, 5.41) is 0. The molecular formula is C23H17F3N2. The average molecular weight is 378 g/mol. The Morgan fingerprint density at radius 1 is 0.643 bits per heavy atom. The van der Waals surface area contributed by atoms with E-state index in [9.17, 15) is 13.2 Å². The molecule has 0 aliphatic heterocycles. The topological polar surface area (TPSA) is 17.8 Å². The van der Waals surface area contributed by atoms with Crippen molar-refractivity contribution in [1.29, 1.82) is 0 Å². The van der Waals surface area contributed by atoms with Crippen molar-refractivity contribution < 1.29 is 13.2 Å². The van der Waals surface area contributed by atoms with Gasteiger partial charge in [0.25, 0.3) is 0 Å². The van der Waals surface area contributed by atoms with E-state index in [0.29, 0.717) is 0 Å². The fourth-order valence-corrected chi connectivity index (χ4v) is 3.78. The second-order valence-electron chi connectivity index (χ2n) is 6.46. The lowest BCUT2D eigenvalue weighted by Crippen LogP contribution is -2.38. The average Bonchev–Trinajstić information content (AvgIpc) is 3.25. The highest BCUT2D eigenvalue weighted by molar-refractivity contribution is 5.53. The first-order valence-corrected chi connectivity index (χ1v) is 8.81. The summed E-state index contributed by atoms with van der Waals surface area (Å²) in [6.07, 6.45) is 0.350. The SMILES string of the molecule is FC(F)(F)c1ccccc1C(c1ccccc1)(c1ccccc1)n1ccnc1. The summed E-state index contributed by atoms with van der Waals surface area (Å²) >= 11 is 0. The highest BCUT2D eigenvalue weighted by atomic mass is 19.4. The van der Waals surface area contributed by atoms with E-state index in [1.54, 1.807) is 35.4 Å². The molecule has 1 heterocycles. The molecule has 2 nitrogen and oxygen atoms in total. The van der Waals surface area contributed by atoms with E-state index in [-0.39, 0.29) is 5.56 Å². The number of nitrogens with zero attached hydrogens (tertiary/aromatic N) is 2. The first-order chi connectivity index (χ1) is 13.5. The van der Waals surface area contributed by atoms with Crippen LogP contribution < -0.4 is 0 Å². The Bertz CT molecular complexity index is 1000. The number of imidazole rings is 1. The van der Waals surface area contributed by atoms with Gasteiger partial charge in [0.1, 0.15) is 5.54 Å². The predicted molar refractivity (Wildman–Crippen MR) is 102 cm³/mol. The zero-order chi connectivity index (χ0) is 19.6. The summed E-state index contributed by atoms with van der Waals surface area (Å²) in [5.74, 6) is 0. The second-order valence-corrected chi connectivity index (χ2v) is 6.46. The highest BCUT2D eigenvalue weighted by Gasteiger charge is 2.45. The molecule has 1 aromatic heterocycles. The second kappa shape index (κ2) is 7.00. The van der Waals surface area contributed by atoms with Crippen molar-refractivity contribution in [1.82, 2.24) is 9.55 Å². The van der Waals surface area contributed by atoms with E-state index in [1.165, 1.54) is 6.07 Å². The fraction of sp³-hybridized carbons (Fsp3) is 0.0870. The molecule has 0 amide bonds. The van der Waals surface area contributed by atoms with Crippen molar-refractivity contribution in [3.8, 4) is 0 Å². The first kappa shape index (κ1) is 18.0. The van der Waals surface area contributed by atoms with Crippen LogP contribution >= 0.6 is 0 Å². The van der Waals surface area contributed by atoms with Crippen molar-refractivity contribution in [2.24, 2.45) is 0 Å². The van der Waals surface area contributed by atoms with Crippen molar-refractivity contribution in [3.63, 3.8) is 0 Å². The predicted octanol–water partition coefficient (Wildman–Crippen LogP) is 5.74. The molecule has 0 saturated carbocycles. The molecule has 4 aromatic rings. The van der Waals surface area contributed by atoms with Gasteiger partial charge in [0.05, 0.1) is 11.9 Å². The number of hydrogen-bond acceptors (Lipinski definition) is 1. The molecule has 5 heteroatoms. The Morgan fingerprint density at radius 3 is 1.61 bits per heavy atom. The Labute approximate surface area is 160 Å². The van der Waals surface area contributed by atoms with Gasteiger partial charge in [0.15, 0.2) is 0 Å². The summed E-state index contributed by atoms with van der Waals surface area (Å²) in [7, 11) is 0. The lowest BCUT2D eigenvalue weighted by molar-refractivity contribution is -0.138. The number of alkyl halides is 3. The number of halogens is 3. The van der Waals surface area contributed by atoms with Gasteiger partial charge in [0.2, 0.25) is 0 Å². The zero-order valence-electron chi connectivity index (χ0n) is 14.8. The van der Waals surface area contributed by atoms with Crippen LogP contribution in [0.5, 0.6) is 0 Å². The third-order valence-electron chi connectivity index (χ3n) is 4.90. The molecule has 0 spiro atoms. The summed E-state index contributed by atoms with van der Waals surface area (Å²) in [5.41, 5.74) is -0.299. The van der Waals surface area contributed by atoms with Crippen molar-refractivity contribution in [2.45, 2.75) is 11.7 Å². The highest BCUT2D eigenvalue weighted by Crippen LogP contribution is 2.45. The molecule has 140 valence electrons. The molecule has 0 atom stereocenters. The minimum absolute atomic E-state index is 0.151. The fourth-order valence-electron chi connectivity index (χ4n) is 3.78. The maximum Gasteiger partial charge on any atom is 0.416 e. The van der Waals surface area contributed by atoms with Crippen LogP contribution in [0.3, 0.4) is 0 Å². The number of rotatable bonds is 4. The van der Waals surface area contributed by atoms with E-state index in [0.717, 1.165) is 17.2 Å². The van der Waals surface area contributed by atoms with Gasteiger partial charge >= 0.3 is 6.18 Å². The lowest BCUT2D eigenvalue weighted by Gasteiger charge is -2.38. The van der Waals surface area contributed by atoms with Crippen LogP contribution in [0.4, 0.5) is 13.2 Å². The van der Waals surface area contributed by atoms with Crippen molar-refractivity contribution >= 4 is 0 Å². The number of benzene rings is 3. The van der Waals surface area contributed by atoms with Gasteiger partial charge in [-0.3, -0.25) is 0 Å². The van der Waals surface area contributed by atoms with Crippen molar-refractivity contribution in [2.75, 3.05) is 0 Å². The van der Waals surface area contributed by atoms with Crippen molar-refractivity contribution in [3.05, 3.63) is 126 Å².